The zero-order chi connectivity index (χ0) is 18.0. The van der Waals surface area contributed by atoms with Crippen molar-refractivity contribution < 1.29 is 4.74 Å². The number of nitrogens with zero attached hydrogens (tertiary/aromatic N) is 3. The first-order chi connectivity index (χ1) is 11.9. The zero-order valence-corrected chi connectivity index (χ0v) is 15.9. The maximum Gasteiger partial charge on any atom is 0.158 e. The molecule has 1 aromatic heterocycles. The lowest BCUT2D eigenvalue weighted by molar-refractivity contribution is 0.363. The highest BCUT2D eigenvalue weighted by Crippen LogP contribution is 2.39. The molecule has 2 aromatic rings. The number of benzene rings is 1. The lowest BCUT2D eigenvalue weighted by Gasteiger charge is -2.37. The maximum atomic E-state index is 6.34. The molecule has 6 nitrogen and oxygen atoms in total. The highest BCUT2D eigenvalue weighted by molar-refractivity contribution is 7.99. The van der Waals surface area contributed by atoms with Crippen LogP contribution in [0.1, 0.15) is 19.8 Å². The normalized spacial score (nSPS) is 16.7. The number of halogens is 1. The van der Waals surface area contributed by atoms with Gasteiger partial charge in [-0.15, -0.1) is 0 Å². The van der Waals surface area contributed by atoms with Gasteiger partial charge in [-0.1, -0.05) is 29.4 Å². The average molecular weight is 380 g/mol. The molecule has 3 rings (SSSR count). The Kier molecular flexibility index (Phi) is 5.27. The molecule has 0 radical (unpaired) electrons. The van der Waals surface area contributed by atoms with Gasteiger partial charge in [0.1, 0.15) is 16.6 Å². The summed E-state index contributed by atoms with van der Waals surface area (Å²) in [6, 6.07) is 5.59. The highest BCUT2D eigenvalue weighted by atomic mass is 35.5. The second kappa shape index (κ2) is 7.27. The third-order valence-corrected chi connectivity index (χ3v) is 5.91. The first-order valence-corrected chi connectivity index (χ1v) is 9.26. The fourth-order valence-electron chi connectivity index (χ4n) is 2.69. The molecule has 0 bridgehead atoms. The van der Waals surface area contributed by atoms with E-state index in [1.165, 1.54) is 11.8 Å². The van der Waals surface area contributed by atoms with Gasteiger partial charge in [0.15, 0.2) is 5.82 Å². The van der Waals surface area contributed by atoms with Gasteiger partial charge in [0.2, 0.25) is 0 Å². The van der Waals surface area contributed by atoms with Gasteiger partial charge in [0, 0.05) is 23.5 Å². The van der Waals surface area contributed by atoms with Crippen molar-refractivity contribution in [2.24, 2.45) is 5.73 Å². The van der Waals surface area contributed by atoms with E-state index in [2.05, 4.69) is 21.8 Å². The van der Waals surface area contributed by atoms with E-state index >= 15 is 0 Å². The summed E-state index contributed by atoms with van der Waals surface area (Å²) in [5, 5.41) is 1.16. The standard InChI is InChI=1S/C17H22ClN5OS/c1-17(20)6-8-23(9-7-17)13-10-21-16(15(19)22-13)25-12-5-3-4-11(24-2)14(12)18/h3-5,10H,6-9,20H2,1-2H3,(H2,19,22). The van der Waals surface area contributed by atoms with E-state index < -0.39 is 0 Å². The van der Waals surface area contributed by atoms with Crippen LogP contribution in [0.15, 0.2) is 34.3 Å². The van der Waals surface area contributed by atoms with E-state index in [4.69, 9.17) is 27.8 Å². The third-order valence-electron chi connectivity index (χ3n) is 4.34. The Balaban J connectivity index is 1.77. The van der Waals surface area contributed by atoms with E-state index in [-0.39, 0.29) is 5.54 Å². The number of aromatic nitrogens is 2. The van der Waals surface area contributed by atoms with E-state index in [0.717, 1.165) is 36.6 Å². The first-order valence-electron chi connectivity index (χ1n) is 8.06. The van der Waals surface area contributed by atoms with Crippen molar-refractivity contribution in [2.45, 2.75) is 35.2 Å². The van der Waals surface area contributed by atoms with Crippen LogP contribution >= 0.6 is 23.4 Å². The molecule has 0 atom stereocenters. The second-order valence-corrected chi connectivity index (χ2v) is 7.84. The minimum atomic E-state index is -0.103. The lowest BCUT2D eigenvalue weighted by atomic mass is 9.91. The summed E-state index contributed by atoms with van der Waals surface area (Å²) < 4.78 is 5.24. The summed E-state index contributed by atoms with van der Waals surface area (Å²) in [4.78, 5) is 12.0. The molecule has 1 aliphatic heterocycles. The van der Waals surface area contributed by atoms with Gasteiger partial charge in [0.25, 0.3) is 0 Å². The highest BCUT2D eigenvalue weighted by Gasteiger charge is 2.27. The fraction of sp³-hybridized carbons (Fsp3) is 0.412. The van der Waals surface area contributed by atoms with E-state index in [0.29, 0.717) is 21.6 Å². The molecule has 4 N–H and O–H groups in total. The number of hydrogen-bond donors (Lipinski definition) is 2. The molecule has 1 aromatic carbocycles. The Hall–Kier alpha value is -1.70. The van der Waals surface area contributed by atoms with E-state index in [1.54, 1.807) is 13.3 Å². The van der Waals surface area contributed by atoms with E-state index in [1.807, 2.05) is 18.2 Å². The summed E-state index contributed by atoms with van der Waals surface area (Å²) in [5.41, 5.74) is 12.2. The fourth-order valence-corrected chi connectivity index (χ4v) is 3.81. The number of nitrogens with two attached hydrogens (primary N) is 2. The summed E-state index contributed by atoms with van der Waals surface area (Å²) in [7, 11) is 1.59. The van der Waals surface area contributed by atoms with Gasteiger partial charge in [-0.25, -0.2) is 9.97 Å². The van der Waals surface area contributed by atoms with Crippen molar-refractivity contribution in [1.29, 1.82) is 0 Å². The number of methoxy groups -OCH3 is 1. The summed E-state index contributed by atoms with van der Waals surface area (Å²) in [6.45, 7) is 3.80. The van der Waals surface area contributed by atoms with Crippen molar-refractivity contribution in [1.82, 2.24) is 9.97 Å². The van der Waals surface area contributed by atoms with Crippen LogP contribution in [0.2, 0.25) is 5.02 Å². The predicted molar refractivity (Wildman–Crippen MR) is 103 cm³/mol. The van der Waals surface area contributed by atoms with Crippen molar-refractivity contribution in [3.63, 3.8) is 0 Å². The molecule has 2 heterocycles. The molecule has 0 amide bonds. The smallest absolute Gasteiger partial charge is 0.158 e. The second-order valence-electron chi connectivity index (χ2n) is 6.43. The Morgan fingerprint density at radius 1 is 1.32 bits per heavy atom. The molecule has 1 saturated heterocycles. The monoisotopic (exact) mass is 379 g/mol. The van der Waals surface area contributed by atoms with Gasteiger partial charge in [0.05, 0.1) is 18.3 Å². The van der Waals surface area contributed by atoms with Gasteiger partial charge in [-0.3, -0.25) is 0 Å². The number of nitrogen functional groups attached to an aromatic ring is 1. The van der Waals surface area contributed by atoms with Gasteiger partial charge in [-0.05, 0) is 31.9 Å². The molecule has 1 fully saturated rings. The summed E-state index contributed by atoms with van der Waals surface area (Å²) in [5.74, 6) is 1.80. The predicted octanol–water partition coefficient (Wildman–Crippen LogP) is 3.19. The maximum absolute atomic E-state index is 6.34. The number of hydrogen-bond acceptors (Lipinski definition) is 7. The molecule has 1 aliphatic rings. The minimum absolute atomic E-state index is 0.103. The quantitative estimate of drug-likeness (QED) is 0.842. The average Bonchev–Trinajstić information content (AvgIpc) is 2.58. The van der Waals surface area contributed by atoms with Gasteiger partial charge < -0.3 is 21.1 Å². The summed E-state index contributed by atoms with van der Waals surface area (Å²) >= 11 is 7.71. The zero-order valence-electron chi connectivity index (χ0n) is 14.3. The molecule has 0 unspecified atom stereocenters. The minimum Gasteiger partial charge on any atom is -0.495 e. The van der Waals surface area contributed by atoms with Crippen molar-refractivity contribution in [3.8, 4) is 5.75 Å². The van der Waals surface area contributed by atoms with Crippen LogP contribution in [-0.4, -0.2) is 35.7 Å². The number of piperidine rings is 1. The Morgan fingerprint density at radius 2 is 2.04 bits per heavy atom. The van der Waals surface area contributed by atoms with Crippen LogP contribution in [0.25, 0.3) is 0 Å². The Labute approximate surface area is 156 Å². The molecule has 0 aliphatic carbocycles. The van der Waals surface area contributed by atoms with Crippen molar-refractivity contribution in [2.75, 3.05) is 30.8 Å². The molecule has 8 heteroatoms. The lowest BCUT2D eigenvalue weighted by Crippen LogP contribution is -2.48. The number of ether oxygens (including phenoxy) is 1. The van der Waals surface area contributed by atoms with Crippen LogP contribution in [0.3, 0.4) is 0 Å². The van der Waals surface area contributed by atoms with Crippen LogP contribution in [-0.2, 0) is 0 Å². The Bertz CT molecular complexity index is 761. The molecule has 0 saturated carbocycles. The van der Waals surface area contributed by atoms with Crippen molar-refractivity contribution in [3.05, 3.63) is 29.4 Å². The van der Waals surface area contributed by atoms with Crippen LogP contribution in [0, 0.1) is 0 Å². The molecule has 134 valence electrons. The van der Waals surface area contributed by atoms with Crippen LogP contribution in [0.4, 0.5) is 11.6 Å². The SMILES string of the molecule is COc1cccc(Sc2ncc(N3CCC(C)(N)CC3)nc2N)c1Cl. The van der Waals surface area contributed by atoms with Gasteiger partial charge in [-0.2, -0.15) is 0 Å². The molecular weight excluding hydrogens is 358 g/mol. The molecule has 0 spiro atoms. The van der Waals surface area contributed by atoms with Crippen LogP contribution < -0.4 is 21.1 Å². The molecule has 25 heavy (non-hydrogen) atoms. The van der Waals surface area contributed by atoms with Crippen molar-refractivity contribution >= 4 is 35.0 Å². The topological polar surface area (TPSA) is 90.3 Å². The Morgan fingerprint density at radius 3 is 2.68 bits per heavy atom. The molecular formula is C17H22ClN5OS. The van der Waals surface area contributed by atoms with Crippen LogP contribution in [0.5, 0.6) is 5.75 Å². The largest absolute Gasteiger partial charge is 0.495 e. The third kappa shape index (κ3) is 4.11. The first kappa shape index (κ1) is 18.1. The number of anilines is 2. The van der Waals surface area contributed by atoms with Gasteiger partial charge >= 0.3 is 0 Å². The van der Waals surface area contributed by atoms with E-state index in [9.17, 15) is 0 Å². The summed E-state index contributed by atoms with van der Waals surface area (Å²) in [6.07, 6.45) is 3.60. The number of rotatable bonds is 4.